The summed E-state index contributed by atoms with van der Waals surface area (Å²) in [4.78, 5) is 7.69. The summed E-state index contributed by atoms with van der Waals surface area (Å²) in [5, 5.41) is 9.48. The normalized spacial score (nSPS) is 13.3. The van der Waals surface area contributed by atoms with Crippen LogP contribution in [0.2, 0.25) is 0 Å². The molecule has 2 heterocycles. The van der Waals surface area contributed by atoms with Gasteiger partial charge in [0.15, 0.2) is 11.5 Å². The summed E-state index contributed by atoms with van der Waals surface area (Å²) in [5.74, 6) is 1.97. The number of fused-ring (bicyclic) bond motifs is 2. The maximum absolute atomic E-state index is 9.48. The number of aromatic amines is 1. The lowest BCUT2D eigenvalue weighted by molar-refractivity contribution is 0.174. The Labute approximate surface area is 132 Å². The molecule has 5 heteroatoms. The van der Waals surface area contributed by atoms with Crippen LogP contribution >= 0.6 is 0 Å². The van der Waals surface area contributed by atoms with Crippen LogP contribution in [0.15, 0.2) is 36.4 Å². The Morgan fingerprint density at radius 3 is 2.96 bits per heavy atom. The number of rotatable bonds is 2. The van der Waals surface area contributed by atoms with E-state index in [0.717, 1.165) is 27.9 Å². The van der Waals surface area contributed by atoms with Crippen molar-refractivity contribution in [3.05, 3.63) is 53.3 Å². The zero-order valence-electron chi connectivity index (χ0n) is 12.5. The Hall–Kier alpha value is -3.26. The van der Waals surface area contributed by atoms with Crippen molar-refractivity contribution in [1.29, 1.82) is 5.26 Å². The highest BCUT2D eigenvalue weighted by Gasteiger charge is 2.14. The fourth-order valence-corrected chi connectivity index (χ4v) is 2.57. The second-order valence-corrected chi connectivity index (χ2v) is 5.39. The van der Waals surface area contributed by atoms with Crippen LogP contribution in [0.5, 0.6) is 11.5 Å². The fraction of sp³-hybridized carbons (Fsp3) is 0.111. The fourth-order valence-electron chi connectivity index (χ4n) is 2.57. The molecule has 0 atom stereocenters. The van der Waals surface area contributed by atoms with Crippen LogP contribution in [0.3, 0.4) is 0 Å². The summed E-state index contributed by atoms with van der Waals surface area (Å²) in [5.41, 5.74) is 4.25. The maximum Gasteiger partial charge on any atom is 0.231 e. The van der Waals surface area contributed by atoms with Gasteiger partial charge >= 0.3 is 0 Å². The molecule has 0 radical (unpaired) electrons. The minimum Gasteiger partial charge on any atom is -0.454 e. The van der Waals surface area contributed by atoms with Gasteiger partial charge in [-0.15, -0.1) is 0 Å². The van der Waals surface area contributed by atoms with Crippen LogP contribution in [0, 0.1) is 18.3 Å². The van der Waals surface area contributed by atoms with E-state index in [9.17, 15) is 5.26 Å². The van der Waals surface area contributed by atoms with E-state index in [1.165, 1.54) is 0 Å². The number of nitrogens with one attached hydrogen (secondary N) is 1. The molecule has 0 bridgehead atoms. The molecular weight excluding hydrogens is 290 g/mol. The van der Waals surface area contributed by atoms with Gasteiger partial charge in [0.2, 0.25) is 6.79 Å². The van der Waals surface area contributed by atoms with Gasteiger partial charge in [0.25, 0.3) is 0 Å². The molecule has 0 aliphatic carbocycles. The van der Waals surface area contributed by atoms with E-state index in [2.05, 4.69) is 16.0 Å². The van der Waals surface area contributed by atoms with E-state index < -0.39 is 0 Å². The highest BCUT2D eigenvalue weighted by atomic mass is 16.7. The maximum atomic E-state index is 9.48. The molecule has 0 saturated carbocycles. The van der Waals surface area contributed by atoms with Crippen molar-refractivity contribution in [3.8, 4) is 17.6 Å². The molecule has 1 aliphatic rings. The van der Waals surface area contributed by atoms with Crippen LogP contribution in [-0.2, 0) is 0 Å². The Bertz CT molecular complexity index is 980. The first-order valence-electron chi connectivity index (χ1n) is 7.21. The first-order chi connectivity index (χ1) is 11.2. The third-order valence-corrected chi connectivity index (χ3v) is 3.72. The van der Waals surface area contributed by atoms with Crippen LogP contribution in [0.1, 0.15) is 17.0 Å². The van der Waals surface area contributed by atoms with Crippen molar-refractivity contribution in [1.82, 2.24) is 9.97 Å². The van der Waals surface area contributed by atoms with Crippen molar-refractivity contribution in [2.75, 3.05) is 6.79 Å². The number of aryl methyl sites for hydroxylation is 1. The predicted octanol–water partition coefficient (Wildman–Crippen LogP) is 3.66. The highest BCUT2D eigenvalue weighted by Crippen LogP contribution is 2.33. The lowest BCUT2D eigenvalue weighted by atomic mass is 10.1. The van der Waals surface area contributed by atoms with Gasteiger partial charge in [-0.25, -0.2) is 4.98 Å². The van der Waals surface area contributed by atoms with E-state index >= 15 is 0 Å². The number of allylic oxidation sites excluding steroid dienone is 1. The third-order valence-electron chi connectivity index (χ3n) is 3.72. The van der Waals surface area contributed by atoms with E-state index in [4.69, 9.17) is 9.47 Å². The van der Waals surface area contributed by atoms with Gasteiger partial charge in [-0.05, 0) is 48.4 Å². The number of nitriles is 1. The van der Waals surface area contributed by atoms with Crippen LogP contribution in [0.25, 0.3) is 22.7 Å². The van der Waals surface area contributed by atoms with Crippen LogP contribution in [0.4, 0.5) is 0 Å². The van der Waals surface area contributed by atoms with Crippen molar-refractivity contribution in [2.45, 2.75) is 6.92 Å². The molecule has 1 aromatic heterocycles. The largest absolute Gasteiger partial charge is 0.454 e. The zero-order chi connectivity index (χ0) is 15.8. The minimum absolute atomic E-state index is 0.233. The number of hydrogen-bond acceptors (Lipinski definition) is 4. The number of ether oxygens (including phenoxy) is 2. The Morgan fingerprint density at radius 2 is 2.09 bits per heavy atom. The quantitative estimate of drug-likeness (QED) is 0.733. The van der Waals surface area contributed by atoms with Crippen molar-refractivity contribution >= 4 is 22.7 Å². The number of H-pyrrole nitrogens is 1. The second-order valence-electron chi connectivity index (χ2n) is 5.39. The van der Waals surface area contributed by atoms with Crippen LogP contribution < -0.4 is 9.47 Å². The van der Waals surface area contributed by atoms with Gasteiger partial charge in [0.05, 0.1) is 16.6 Å². The zero-order valence-corrected chi connectivity index (χ0v) is 12.5. The van der Waals surface area contributed by atoms with Gasteiger partial charge < -0.3 is 14.5 Å². The first kappa shape index (κ1) is 13.4. The molecule has 0 spiro atoms. The number of hydrogen-bond donors (Lipinski definition) is 1. The molecule has 1 N–H and O–H groups in total. The summed E-state index contributed by atoms with van der Waals surface area (Å²) in [6, 6.07) is 13.7. The average molecular weight is 303 g/mol. The summed E-state index contributed by atoms with van der Waals surface area (Å²) >= 11 is 0. The molecule has 0 fully saturated rings. The second kappa shape index (κ2) is 5.18. The van der Waals surface area contributed by atoms with Crippen molar-refractivity contribution < 1.29 is 9.47 Å². The minimum atomic E-state index is 0.233. The van der Waals surface area contributed by atoms with Gasteiger partial charge in [-0.1, -0.05) is 12.1 Å². The topological polar surface area (TPSA) is 70.9 Å². The Morgan fingerprint density at radius 1 is 1.22 bits per heavy atom. The van der Waals surface area contributed by atoms with Crippen molar-refractivity contribution in [2.24, 2.45) is 0 Å². The van der Waals surface area contributed by atoms with Crippen molar-refractivity contribution in [3.63, 3.8) is 0 Å². The monoisotopic (exact) mass is 303 g/mol. The number of imidazole rings is 1. The molecule has 0 saturated heterocycles. The molecule has 23 heavy (non-hydrogen) atoms. The molecular formula is C18H13N3O2. The third kappa shape index (κ3) is 2.40. The Kier molecular flexibility index (Phi) is 3.02. The highest BCUT2D eigenvalue weighted by molar-refractivity contribution is 5.90. The SMILES string of the molecule is Cc1ccc2nc(/C(C#N)=C\c3ccc4c(c3)OCO4)[nH]c2c1. The molecule has 4 rings (SSSR count). The average Bonchev–Trinajstić information content (AvgIpc) is 3.17. The molecule has 3 aromatic rings. The van der Waals surface area contributed by atoms with E-state index in [1.54, 1.807) is 6.08 Å². The summed E-state index contributed by atoms with van der Waals surface area (Å²) in [6.07, 6.45) is 1.78. The van der Waals surface area contributed by atoms with Gasteiger partial charge in [-0.3, -0.25) is 0 Å². The smallest absolute Gasteiger partial charge is 0.231 e. The standard InChI is InChI=1S/C18H13N3O2/c1-11-2-4-14-15(6-11)21-18(20-14)13(9-19)7-12-3-5-16-17(8-12)23-10-22-16/h2-8H,10H2,1H3,(H,20,21)/b13-7-. The number of benzene rings is 2. The molecule has 112 valence electrons. The molecule has 5 nitrogen and oxygen atoms in total. The van der Waals surface area contributed by atoms with Gasteiger partial charge in [-0.2, -0.15) is 5.26 Å². The van der Waals surface area contributed by atoms with E-state index in [0.29, 0.717) is 17.1 Å². The Balaban J connectivity index is 1.76. The molecule has 0 unspecified atom stereocenters. The van der Waals surface area contributed by atoms with Gasteiger partial charge in [0, 0.05) is 0 Å². The lowest BCUT2D eigenvalue weighted by Crippen LogP contribution is -1.92. The van der Waals surface area contributed by atoms with E-state index in [-0.39, 0.29) is 6.79 Å². The first-order valence-corrected chi connectivity index (χ1v) is 7.21. The number of nitrogens with zero attached hydrogens (tertiary/aromatic N) is 2. The molecule has 1 aliphatic heterocycles. The summed E-state index contributed by atoms with van der Waals surface area (Å²) in [6.45, 7) is 2.25. The number of aromatic nitrogens is 2. The molecule has 2 aromatic carbocycles. The van der Waals surface area contributed by atoms with E-state index in [1.807, 2.05) is 43.3 Å². The summed E-state index contributed by atoms with van der Waals surface area (Å²) in [7, 11) is 0. The van der Waals surface area contributed by atoms with Crippen LogP contribution in [-0.4, -0.2) is 16.8 Å². The van der Waals surface area contributed by atoms with Gasteiger partial charge in [0.1, 0.15) is 11.9 Å². The predicted molar refractivity (Wildman–Crippen MR) is 86.9 cm³/mol. The lowest BCUT2D eigenvalue weighted by Gasteiger charge is -1.99. The summed E-state index contributed by atoms with van der Waals surface area (Å²) < 4.78 is 10.7. The molecule has 0 amide bonds.